The van der Waals surface area contributed by atoms with Crippen LogP contribution >= 0.6 is 22.6 Å². The summed E-state index contributed by atoms with van der Waals surface area (Å²) in [4.78, 5) is 10.3. The van der Waals surface area contributed by atoms with Crippen LogP contribution in [-0.2, 0) is 6.54 Å². The van der Waals surface area contributed by atoms with Gasteiger partial charge in [0.1, 0.15) is 0 Å². The molecule has 0 saturated carbocycles. The highest BCUT2D eigenvalue weighted by Crippen LogP contribution is 2.19. The first-order valence-corrected chi connectivity index (χ1v) is 6.71. The summed E-state index contributed by atoms with van der Waals surface area (Å²) in [6, 6.07) is 14.6. The number of para-hydroxylation sites is 1. The Hall–Kier alpha value is -1.67. The summed E-state index contributed by atoms with van der Waals surface area (Å²) in [6.45, 7) is 0.588. The molecule has 0 saturated heterocycles. The van der Waals surface area contributed by atoms with Crippen LogP contribution in [0.2, 0.25) is 0 Å². The fraction of sp³-hybridized carbons (Fsp3) is 0.0769. The molecule has 2 aromatic rings. The summed E-state index contributed by atoms with van der Waals surface area (Å²) in [5.41, 5.74) is 8.25. The first-order valence-electron chi connectivity index (χ1n) is 5.63. The van der Waals surface area contributed by atoms with E-state index in [-0.39, 0.29) is 10.6 Å². The average molecular weight is 369 g/mol. The van der Waals surface area contributed by atoms with Crippen molar-refractivity contribution in [2.75, 3.05) is 5.43 Å². The van der Waals surface area contributed by atoms with Crippen LogP contribution in [0.4, 0.5) is 11.4 Å². The van der Waals surface area contributed by atoms with Crippen molar-refractivity contribution in [3.63, 3.8) is 0 Å². The minimum atomic E-state index is -0.387. The molecule has 2 N–H and O–H groups in total. The lowest BCUT2D eigenvalue weighted by atomic mass is 10.2. The quantitative estimate of drug-likeness (QED) is 0.482. The Morgan fingerprint density at radius 1 is 1.16 bits per heavy atom. The monoisotopic (exact) mass is 369 g/mol. The van der Waals surface area contributed by atoms with Gasteiger partial charge in [0.25, 0.3) is 5.69 Å². The van der Waals surface area contributed by atoms with E-state index in [0.29, 0.717) is 6.54 Å². The van der Waals surface area contributed by atoms with E-state index in [2.05, 4.69) is 33.4 Å². The summed E-state index contributed by atoms with van der Waals surface area (Å²) in [5, 5.41) is 10.6. The van der Waals surface area contributed by atoms with Crippen LogP contribution in [0.25, 0.3) is 0 Å². The molecule has 0 bridgehead atoms. The molecule has 6 heteroatoms. The number of hydrogen-bond acceptors (Lipinski definition) is 4. The largest absolute Gasteiger partial charge is 0.321 e. The number of nitrogens with one attached hydrogen (secondary N) is 2. The second kappa shape index (κ2) is 6.48. The highest BCUT2D eigenvalue weighted by molar-refractivity contribution is 14.1. The van der Waals surface area contributed by atoms with Gasteiger partial charge in [0.15, 0.2) is 0 Å². The number of nitro benzene ring substituents is 1. The van der Waals surface area contributed by atoms with Gasteiger partial charge < -0.3 is 5.43 Å². The van der Waals surface area contributed by atoms with Crippen LogP contribution in [0.1, 0.15) is 5.56 Å². The van der Waals surface area contributed by atoms with E-state index < -0.39 is 0 Å². The minimum Gasteiger partial charge on any atom is -0.321 e. The van der Waals surface area contributed by atoms with Crippen molar-refractivity contribution in [2.45, 2.75) is 6.54 Å². The molecule has 0 heterocycles. The van der Waals surface area contributed by atoms with Crippen molar-refractivity contribution in [1.29, 1.82) is 0 Å². The minimum absolute atomic E-state index is 0.115. The third kappa shape index (κ3) is 3.90. The number of non-ortho nitro benzene ring substituents is 1. The Morgan fingerprint density at radius 3 is 2.53 bits per heavy atom. The molecule has 0 amide bonds. The van der Waals surface area contributed by atoms with E-state index in [1.807, 2.05) is 30.3 Å². The van der Waals surface area contributed by atoms with Crippen molar-refractivity contribution < 1.29 is 4.92 Å². The number of halogens is 1. The summed E-state index contributed by atoms with van der Waals surface area (Å²) in [6.07, 6.45) is 0. The molecular formula is C13H12IN3O2. The summed E-state index contributed by atoms with van der Waals surface area (Å²) in [5.74, 6) is 0. The number of hydrogen-bond donors (Lipinski definition) is 2. The van der Waals surface area contributed by atoms with Crippen LogP contribution in [0.5, 0.6) is 0 Å². The van der Waals surface area contributed by atoms with Crippen LogP contribution < -0.4 is 10.9 Å². The molecule has 0 aliphatic carbocycles. The van der Waals surface area contributed by atoms with Gasteiger partial charge >= 0.3 is 0 Å². The molecule has 5 nitrogen and oxygen atoms in total. The van der Waals surface area contributed by atoms with Gasteiger partial charge in [0, 0.05) is 27.9 Å². The van der Waals surface area contributed by atoms with E-state index in [1.54, 1.807) is 12.1 Å². The van der Waals surface area contributed by atoms with Crippen molar-refractivity contribution in [1.82, 2.24) is 5.43 Å². The Labute approximate surface area is 124 Å². The molecule has 0 fully saturated rings. The number of hydrazine groups is 1. The van der Waals surface area contributed by atoms with Gasteiger partial charge in [-0.15, -0.1) is 0 Å². The summed E-state index contributed by atoms with van der Waals surface area (Å²) in [7, 11) is 0. The van der Waals surface area contributed by atoms with Gasteiger partial charge in [-0.05, 0) is 46.4 Å². The Balaban J connectivity index is 1.95. The number of anilines is 1. The molecule has 0 aliphatic heterocycles. The standard InChI is InChI=1S/C13H12IN3O2/c14-13-8-12(17(18)19)7-6-10(13)9-15-16-11-4-2-1-3-5-11/h1-8,15-16H,9H2. The molecule has 0 spiro atoms. The van der Waals surface area contributed by atoms with E-state index in [1.165, 1.54) is 6.07 Å². The third-order valence-corrected chi connectivity index (χ3v) is 3.54. The SMILES string of the molecule is O=[N+]([O-])c1ccc(CNNc2ccccc2)c(I)c1. The van der Waals surface area contributed by atoms with Crippen molar-refractivity contribution >= 4 is 34.0 Å². The first-order chi connectivity index (χ1) is 9.16. The fourth-order valence-electron chi connectivity index (χ4n) is 1.56. The first kappa shape index (κ1) is 13.8. The van der Waals surface area contributed by atoms with Crippen LogP contribution in [0.15, 0.2) is 48.5 Å². The fourth-order valence-corrected chi connectivity index (χ4v) is 2.25. The van der Waals surface area contributed by atoms with Crippen LogP contribution in [0.3, 0.4) is 0 Å². The van der Waals surface area contributed by atoms with Gasteiger partial charge in [-0.3, -0.25) is 10.1 Å². The normalized spacial score (nSPS) is 10.2. The van der Waals surface area contributed by atoms with E-state index >= 15 is 0 Å². The van der Waals surface area contributed by atoms with Crippen molar-refractivity contribution in [2.24, 2.45) is 0 Å². The number of rotatable bonds is 5. The zero-order valence-electron chi connectivity index (χ0n) is 9.97. The number of nitrogens with zero attached hydrogens (tertiary/aromatic N) is 1. The molecule has 0 atom stereocenters. The van der Waals surface area contributed by atoms with Gasteiger partial charge in [-0.25, -0.2) is 5.43 Å². The number of nitro groups is 1. The maximum absolute atomic E-state index is 10.6. The molecule has 19 heavy (non-hydrogen) atoms. The van der Waals surface area contributed by atoms with Gasteiger partial charge in [0.05, 0.1) is 4.92 Å². The second-order valence-electron chi connectivity index (χ2n) is 3.88. The molecule has 0 aromatic heterocycles. The Morgan fingerprint density at radius 2 is 1.89 bits per heavy atom. The highest BCUT2D eigenvalue weighted by atomic mass is 127. The molecule has 0 radical (unpaired) electrons. The lowest BCUT2D eigenvalue weighted by Gasteiger charge is -2.09. The van der Waals surface area contributed by atoms with Crippen molar-refractivity contribution in [3.05, 3.63) is 67.8 Å². The Bertz CT molecular complexity index is 575. The average Bonchev–Trinajstić information content (AvgIpc) is 2.41. The molecule has 2 rings (SSSR count). The van der Waals surface area contributed by atoms with Crippen molar-refractivity contribution in [3.8, 4) is 0 Å². The maximum atomic E-state index is 10.6. The molecule has 0 unspecified atom stereocenters. The molecule has 2 aromatic carbocycles. The van der Waals surface area contributed by atoms with E-state index in [4.69, 9.17) is 0 Å². The van der Waals surface area contributed by atoms with E-state index in [9.17, 15) is 10.1 Å². The zero-order valence-corrected chi connectivity index (χ0v) is 12.1. The third-order valence-electron chi connectivity index (χ3n) is 2.53. The smallest absolute Gasteiger partial charge is 0.270 e. The molecule has 0 aliphatic rings. The van der Waals surface area contributed by atoms with E-state index in [0.717, 1.165) is 14.8 Å². The second-order valence-corrected chi connectivity index (χ2v) is 5.04. The predicted molar refractivity (Wildman–Crippen MR) is 82.7 cm³/mol. The number of benzene rings is 2. The predicted octanol–water partition coefficient (Wildman–Crippen LogP) is 3.32. The zero-order chi connectivity index (χ0) is 13.7. The molecule has 98 valence electrons. The Kier molecular flexibility index (Phi) is 4.69. The highest BCUT2D eigenvalue weighted by Gasteiger charge is 2.08. The maximum Gasteiger partial charge on any atom is 0.270 e. The van der Waals surface area contributed by atoms with Gasteiger partial charge in [0.2, 0.25) is 0 Å². The van der Waals surface area contributed by atoms with Crippen LogP contribution in [0, 0.1) is 13.7 Å². The lowest BCUT2D eigenvalue weighted by molar-refractivity contribution is -0.385. The summed E-state index contributed by atoms with van der Waals surface area (Å²) >= 11 is 2.10. The van der Waals surface area contributed by atoms with Gasteiger partial charge in [-0.2, -0.15) is 0 Å². The summed E-state index contributed by atoms with van der Waals surface area (Å²) < 4.78 is 0.870. The van der Waals surface area contributed by atoms with Crippen LogP contribution in [-0.4, -0.2) is 4.92 Å². The molecular weight excluding hydrogens is 357 g/mol. The topological polar surface area (TPSA) is 67.2 Å². The van der Waals surface area contributed by atoms with Gasteiger partial charge in [-0.1, -0.05) is 18.2 Å². The lowest BCUT2D eigenvalue weighted by Crippen LogP contribution is -2.21.